The van der Waals surface area contributed by atoms with Crippen molar-refractivity contribution in [2.75, 3.05) is 6.61 Å². The number of carbonyl (C=O) groups excluding carboxylic acids is 3. The van der Waals surface area contributed by atoms with E-state index in [1.807, 2.05) is 0 Å². The summed E-state index contributed by atoms with van der Waals surface area (Å²) in [6.45, 7) is 0.430. The van der Waals surface area contributed by atoms with Crippen molar-refractivity contribution in [2.45, 2.75) is 29.5 Å². The molecule has 2 aromatic rings. The fraction of sp³-hybridized carbons (Fsp3) is 0.273. The fourth-order valence-corrected chi connectivity index (χ4v) is 6.31. The number of nitrogens with zero attached hydrogens (tertiary/aromatic N) is 2. The molecule has 0 aliphatic carbocycles. The van der Waals surface area contributed by atoms with E-state index in [-0.39, 0.29) is 41.6 Å². The second-order valence-corrected chi connectivity index (χ2v) is 10.3. The first kappa shape index (κ1) is 25.1. The average molecular weight is 478 g/mol. The Morgan fingerprint density at radius 1 is 1.18 bits per heavy atom. The Labute approximate surface area is 212 Å². The van der Waals surface area contributed by atoms with Gasteiger partial charge in [0.15, 0.2) is 15.2 Å². The molecule has 9 nitrogen and oxygen atoms in total. The number of β-lactam (4-membered cyclic amide) rings is 1. The Balaban J connectivity index is 0.00000306. The number of hydrogen-bond acceptors (Lipinski definition) is 8. The molecule has 4 rings (SSSR count). The quantitative estimate of drug-likeness (QED) is 0.183. The maximum absolute atomic E-state index is 13.4. The summed E-state index contributed by atoms with van der Waals surface area (Å²) in [6.07, 6.45) is 2.70. The van der Waals surface area contributed by atoms with Crippen LogP contribution < -0.4 is 34.7 Å². The van der Waals surface area contributed by atoms with Gasteiger partial charge in [0.25, 0.3) is 5.91 Å². The first-order valence-corrected chi connectivity index (χ1v) is 11.3. The largest absolute Gasteiger partial charge is 1.00 e. The Morgan fingerprint density at radius 2 is 1.85 bits per heavy atom. The zero-order chi connectivity index (χ0) is 23.1. The van der Waals surface area contributed by atoms with Crippen molar-refractivity contribution in [3.05, 3.63) is 71.6 Å². The van der Waals surface area contributed by atoms with E-state index in [2.05, 4.69) is 4.98 Å². The number of pyridine rings is 1. The summed E-state index contributed by atoms with van der Waals surface area (Å²) in [5.41, 5.74) is 0.931. The molecular formula is C22H19N2NaO7S. The van der Waals surface area contributed by atoms with E-state index < -0.39 is 50.5 Å². The molecule has 3 heterocycles. The first-order chi connectivity index (χ1) is 15.2. The van der Waals surface area contributed by atoms with Crippen molar-refractivity contribution < 1.29 is 62.2 Å². The minimum absolute atomic E-state index is 0. The van der Waals surface area contributed by atoms with Gasteiger partial charge in [-0.05, 0) is 30.7 Å². The molecule has 0 N–H and O–H groups in total. The van der Waals surface area contributed by atoms with E-state index in [4.69, 9.17) is 4.74 Å². The number of sulfone groups is 1. The Kier molecular flexibility index (Phi) is 7.13. The molecule has 1 aromatic heterocycles. The molecule has 2 aliphatic heterocycles. The molecule has 2 saturated heterocycles. The van der Waals surface area contributed by atoms with Crippen LogP contribution in [-0.4, -0.2) is 58.9 Å². The Morgan fingerprint density at radius 3 is 2.45 bits per heavy atom. The third-order valence-electron chi connectivity index (χ3n) is 5.73. The van der Waals surface area contributed by atoms with Crippen molar-refractivity contribution >= 4 is 33.8 Å². The van der Waals surface area contributed by atoms with E-state index in [9.17, 15) is 27.9 Å². The Hall–Kier alpha value is -2.53. The number of fused-ring (bicyclic) bond motifs is 1. The van der Waals surface area contributed by atoms with Gasteiger partial charge < -0.3 is 19.5 Å². The standard InChI is InChI=1S/C22H20N2O7S.Na/c1-22(13-31-17(25)11-14-7-3-2-4-8-14)18(21(27)28)24-19(26)16(20(24)32(22,29)30)12-15-9-5-6-10-23-15;/h2-10,12,18,20H,11,13H2,1H3,(H,27,28);/q;+1/p-1/b16-12-;/t18-,20+,22-;/m0./s1. The predicted molar refractivity (Wildman–Crippen MR) is 110 cm³/mol. The number of hydrogen-bond donors (Lipinski definition) is 0. The van der Waals surface area contributed by atoms with Crippen LogP contribution in [0.25, 0.3) is 6.08 Å². The molecule has 1 aromatic carbocycles. The molecule has 2 aliphatic rings. The van der Waals surface area contributed by atoms with Gasteiger partial charge >= 0.3 is 35.5 Å². The van der Waals surface area contributed by atoms with Gasteiger partial charge in [0.05, 0.1) is 29.7 Å². The van der Waals surface area contributed by atoms with Crippen LogP contribution in [-0.2, 0) is 35.4 Å². The normalized spacial score (nSPS) is 26.2. The third kappa shape index (κ3) is 4.23. The van der Waals surface area contributed by atoms with Gasteiger partial charge in [-0.25, -0.2) is 8.42 Å². The van der Waals surface area contributed by atoms with Crippen LogP contribution in [0.1, 0.15) is 18.2 Å². The van der Waals surface area contributed by atoms with E-state index in [0.29, 0.717) is 11.3 Å². The van der Waals surface area contributed by atoms with E-state index in [0.717, 1.165) is 11.8 Å². The molecule has 0 bridgehead atoms. The van der Waals surface area contributed by atoms with Crippen molar-refractivity contribution in [3.63, 3.8) is 0 Å². The van der Waals surface area contributed by atoms with Gasteiger partial charge in [-0.3, -0.25) is 14.6 Å². The van der Waals surface area contributed by atoms with Crippen molar-refractivity contribution in [1.82, 2.24) is 9.88 Å². The van der Waals surface area contributed by atoms with Crippen LogP contribution in [0.4, 0.5) is 0 Å². The van der Waals surface area contributed by atoms with E-state index >= 15 is 0 Å². The van der Waals surface area contributed by atoms with Crippen LogP contribution in [0.5, 0.6) is 0 Å². The number of ether oxygens (including phenoxy) is 1. The number of carbonyl (C=O) groups is 3. The van der Waals surface area contributed by atoms with E-state index in [1.54, 1.807) is 48.5 Å². The number of amides is 1. The summed E-state index contributed by atoms with van der Waals surface area (Å²) in [4.78, 5) is 41.7. The zero-order valence-electron chi connectivity index (χ0n) is 18.0. The number of aromatic nitrogens is 1. The molecule has 3 atom stereocenters. The number of carboxylic acid groups (broad SMARTS) is 1. The average Bonchev–Trinajstić information content (AvgIpc) is 2.93. The summed E-state index contributed by atoms with van der Waals surface area (Å²) in [6, 6.07) is 11.8. The molecule has 2 fully saturated rings. The second-order valence-electron chi connectivity index (χ2n) is 7.82. The molecular weight excluding hydrogens is 459 g/mol. The van der Waals surface area contributed by atoms with Gasteiger partial charge in [-0.1, -0.05) is 36.4 Å². The molecule has 166 valence electrons. The van der Waals surface area contributed by atoms with Crippen molar-refractivity contribution in [1.29, 1.82) is 0 Å². The summed E-state index contributed by atoms with van der Waals surface area (Å²) in [5, 5.41) is 10.4. The Bertz CT molecular complexity index is 1220. The number of carboxylic acids is 1. The topological polar surface area (TPSA) is 134 Å². The number of aliphatic carboxylic acids is 1. The zero-order valence-corrected chi connectivity index (χ0v) is 20.8. The SMILES string of the molecule is C[C@]1(COC(=O)Cc2ccccc2)[C@H](C(=O)[O-])N2C(=O)/C(=C/c3ccccn3)[C@H]2S1(=O)=O.[Na+]. The first-order valence-electron chi connectivity index (χ1n) is 9.76. The predicted octanol–water partition coefficient (Wildman–Crippen LogP) is -3.27. The summed E-state index contributed by atoms with van der Waals surface area (Å²) < 4.78 is 29.9. The minimum atomic E-state index is -4.28. The maximum Gasteiger partial charge on any atom is 1.00 e. The number of esters is 1. The third-order valence-corrected chi connectivity index (χ3v) is 8.44. The molecule has 1 amide bonds. The van der Waals surface area contributed by atoms with Crippen LogP contribution >= 0.6 is 0 Å². The molecule has 0 radical (unpaired) electrons. The molecule has 0 saturated carbocycles. The monoisotopic (exact) mass is 478 g/mol. The van der Waals surface area contributed by atoms with Crippen molar-refractivity contribution in [3.8, 4) is 0 Å². The van der Waals surface area contributed by atoms with Gasteiger partial charge in [0, 0.05) is 6.20 Å². The van der Waals surface area contributed by atoms with Crippen LogP contribution in [0.3, 0.4) is 0 Å². The van der Waals surface area contributed by atoms with Gasteiger partial charge in [-0.2, -0.15) is 0 Å². The van der Waals surface area contributed by atoms with Gasteiger partial charge in [0.1, 0.15) is 11.4 Å². The van der Waals surface area contributed by atoms with Crippen LogP contribution in [0.2, 0.25) is 0 Å². The van der Waals surface area contributed by atoms with Crippen LogP contribution in [0, 0.1) is 0 Å². The summed E-state index contributed by atoms with van der Waals surface area (Å²) in [5.74, 6) is -3.18. The summed E-state index contributed by atoms with van der Waals surface area (Å²) in [7, 11) is -4.28. The fourth-order valence-electron chi connectivity index (χ4n) is 4.03. The minimum Gasteiger partial charge on any atom is -0.548 e. The van der Waals surface area contributed by atoms with Gasteiger partial charge in [-0.15, -0.1) is 0 Å². The summed E-state index contributed by atoms with van der Waals surface area (Å²) >= 11 is 0. The smallest absolute Gasteiger partial charge is 0.548 e. The van der Waals surface area contributed by atoms with Crippen LogP contribution in [0.15, 0.2) is 60.3 Å². The van der Waals surface area contributed by atoms with Gasteiger partial charge in [0.2, 0.25) is 0 Å². The second kappa shape index (κ2) is 9.38. The molecule has 0 unspecified atom stereocenters. The van der Waals surface area contributed by atoms with E-state index in [1.165, 1.54) is 12.3 Å². The molecule has 0 spiro atoms. The maximum atomic E-state index is 13.4. The molecule has 33 heavy (non-hydrogen) atoms. The number of benzene rings is 1. The number of rotatable bonds is 6. The molecule has 11 heteroatoms. The van der Waals surface area contributed by atoms with Crippen molar-refractivity contribution in [2.24, 2.45) is 0 Å².